The van der Waals surface area contributed by atoms with Crippen molar-refractivity contribution in [1.82, 2.24) is 0 Å². The van der Waals surface area contributed by atoms with Crippen molar-refractivity contribution < 1.29 is 9.53 Å². The molecule has 0 aliphatic carbocycles. The first-order valence-corrected chi connectivity index (χ1v) is 7.35. The van der Waals surface area contributed by atoms with Crippen molar-refractivity contribution in [1.29, 1.82) is 0 Å². The summed E-state index contributed by atoms with van der Waals surface area (Å²) >= 11 is 6.66. The van der Waals surface area contributed by atoms with Gasteiger partial charge in [-0.3, -0.25) is 0 Å². The van der Waals surface area contributed by atoms with Gasteiger partial charge in [0.15, 0.2) is 0 Å². The molecule has 0 saturated carbocycles. The van der Waals surface area contributed by atoms with E-state index in [-0.39, 0.29) is 18.0 Å². The van der Waals surface area contributed by atoms with E-state index in [1.807, 2.05) is 0 Å². The number of rotatable bonds is 5. The Balaban J connectivity index is 2.55. The second-order valence-electron chi connectivity index (χ2n) is 3.76. The van der Waals surface area contributed by atoms with Crippen LogP contribution in [0.1, 0.15) is 32.6 Å². The fraction of sp³-hybridized carbons (Fsp3) is 0.727. The predicted molar refractivity (Wildman–Crippen MR) is 68.3 cm³/mol. The highest BCUT2D eigenvalue weighted by atomic mass is 79.9. The molecule has 2 atom stereocenters. The van der Waals surface area contributed by atoms with Gasteiger partial charge in [0.1, 0.15) is 6.10 Å². The van der Waals surface area contributed by atoms with E-state index in [1.54, 1.807) is 4.99 Å². The van der Waals surface area contributed by atoms with Crippen molar-refractivity contribution in [2.45, 2.75) is 38.7 Å². The van der Waals surface area contributed by atoms with Crippen molar-refractivity contribution in [2.75, 3.05) is 5.33 Å². The average molecular weight is 340 g/mol. The molecule has 15 heavy (non-hydrogen) atoms. The van der Waals surface area contributed by atoms with Gasteiger partial charge >= 0.3 is 5.97 Å². The molecule has 0 amide bonds. The molecule has 0 aromatic rings. The smallest absolute Gasteiger partial charge is 0.335 e. The van der Waals surface area contributed by atoms with E-state index in [0.717, 1.165) is 23.7 Å². The lowest BCUT2D eigenvalue weighted by Crippen LogP contribution is -2.17. The molecule has 0 unspecified atom stereocenters. The predicted octanol–water partition coefficient (Wildman–Crippen LogP) is 3.78. The van der Waals surface area contributed by atoms with E-state index in [4.69, 9.17) is 4.74 Å². The van der Waals surface area contributed by atoms with Gasteiger partial charge in [-0.05, 0) is 17.8 Å². The summed E-state index contributed by atoms with van der Waals surface area (Å²) in [4.78, 5) is 13.2. The van der Waals surface area contributed by atoms with Gasteiger partial charge in [-0.25, -0.2) is 4.79 Å². The van der Waals surface area contributed by atoms with E-state index in [2.05, 4.69) is 38.8 Å². The van der Waals surface area contributed by atoms with Gasteiger partial charge in [0.05, 0.1) is 5.57 Å². The maximum Gasteiger partial charge on any atom is 0.335 e. The van der Waals surface area contributed by atoms with Crippen LogP contribution < -0.4 is 0 Å². The van der Waals surface area contributed by atoms with Crippen LogP contribution in [0.5, 0.6) is 0 Å². The molecule has 86 valence electrons. The lowest BCUT2D eigenvalue weighted by Gasteiger charge is -2.14. The molecule has 0 aromatic carbocycles. The Morgan fingerprint density at radius 3 is 2.73 bits per heavy atom. The van der Waals surface area contributed by atoms with Gasteiger partial charge in [0.25, 0.3) is 0 Å². The first-order chi connectivity index (χ1) is 7.24. The minimum atomic E-state index is -0.169. The molecule has 2 nitrogen and oxygen atoms in total. The van der Waals surface area contributed by atoms with Gasteiger partial charge in [-0.1, -0.05) is 51.6 Å². The molecule has 4 heteroatoms. The number of hydrogen-bond donors (Lipinski definition) is 0. The molecule has 0 N–H and O–H groups in total. The van der Waals surface area contributed by atoms with Gasteiger partial charge in [-0.15, -0.1) is 0 Å². The quantitative estimate of drug-likeness (QED) is 0.330. The number of hydrogen-bond acceptors (Lipinski definition) is 2. The Morgan fingerprint density at radius 2 is 2.20 bits per heavy atom. The van der Waals surface area contributed by atoms with Crippen molar-refractivity contribution in [2.24, 2.45) is 5.92 Å². The van der Waals surface area contributed by atoms with Crippen molar-refractivity contribution >= 4 is 37.8 Å². The van der Waals surface area contributed by atoms with Gasteiger partial charge in [0, 0.05) is 11.2 Å². The summed E-state index contributed by atoms with van der Waals surface area (Å²) in [5.74, 6) is 0.0338. The largest absolute Gasteiger partial charge is 0.458 e. The first-order valence-electron chi connectivity index (χ1n) is 5.31. The Kier molecular flexibility index (Phi) is 5.90. The summed E-state index contributed by atoms with van der Waals surface area (Å²) < 4.78 is 5.35. The fourth-order valence-corrected chi connectivity index (χ4v) is 3.10. The minimum Gasteiger partial charge on any atom is -0.458 e. The molecule has 1 saturated heterocycles. The number of unbranched alkanes of at least 4 members (excludes halogenated alkanes) is 2. The molecule has 1 aliphatic heterocycles. The van der Waals surface area contributed by atoms with Crippen LogP contribution in [0, 0.1) is 5.92 Å². The van der Waals surface area contributed by atoms with E-state index >= 15 is 0 Å². The number of cyclic esters (lactones) is 1. The van der Waals surface area contributed by atoms with E-state index in [9.17, 15) is 4.79 Å². The maximum absolute atomic E-state index is 11.5. The zero-order valence-electron chi connectivity index (χ0n) is 8.84. The highest BCUT2D eigenvalue weighted by Gasteiger charge is 2.38. The third kappa shape index (κ3) is 3.31. The molecule has 0 spiro atoms. The van der Waals surface area contributed by atoms with Crippen LogP contribution in [-0.4, -0.2) is 17.4 Å². The number of carbonyl (C=O) groups is 1. The molecule has 0 radical (unpaired) electrons. The second-order valence-corrected chi connectivity index (χ2v) is 4.87. The Morgan fingerprint density at radius 1 is 1.47 bits per heavy atom. The number of carbonyl (C=O) groups excluding carboxylic acids is 1. The first kappa shape index (κ1) is 13.2. The van der Waals surface area contributed by atoms with Crippen LogP contribution in [0.4, 0.5) is 0 Å². The molecule has 0 aromatic heterocycles. The van der Waals surface area contributed by atoms with Gasteiger partial charge in [-0.2, -0.15) is 0 Å². The fourth-order valence-electron chi connectivity index (χ4n) is 1.80. The Bertz CT molecular complexity index is 251. The monoisotopic (exact) mass is 338 g/mol. The summed E-state index contributed by atoms with van der Waals surface area (Å²) in [7, 11) is 0. The summed E-state index contributed by atoms with van der Waals surface area (Å²) in [5.41, 5.74) is 0.758. The van der Waals surface area contributed by atoms with Crippen molar-refractivity contribution in [3.8, 4) is 0 Å². The maximum atomic E-state index is 11.5. The zero-order valence-corrected chi connectivity index (χ0v) is 12.0. The normalized spacial score (nSPS) is 28.5. The molecule has 0 bridgehead atoms. The summed E-state index contributed by atoms with van der Waals surface area (Å²) in [6, 6.07) is 0. The van der Waals surface area contributed by atoms with Crippen LogP contribution >= 0.6 is 31.9 Å². The Labute approximate surface area is 108 Å². The molecule has 1 rings (SSSR count). The third-order valence-electron chi connectivity index (χ3n) is 2.72. The third-order valence-corrected chi connectivity index (χ3v) is 3.91. The zero-order chi connectivity index (χ0) is 11.3. The molecule has 1 fully saturated rings. The highest BCUT2D eigenvalue weighted by molar-refractivity contribution is 9.11. The van der Waals surface area contributed by atoms with Crippen LogP contribution in [0.2, 0.25) is 0 Å². The van der Waals surface area contributed by atoms with E-state index in [1.165, 1.54) is 12.8 Å². The average Bonchev–Trinajstić information content (AvgIpc) is 2.54. The van der Waals surface area contributed by atoms with E-state index in [0.29, 0.717) is 0 Å². The van der Waals surface area contributed by atoms with Crippen LogP contribution in [0.15, 0.2) is 10.6 Å². The number of alkyl halides is 1. The lowest BCUT2D eigenvalue weighted by molar-refractivity contribution is -0.139. The van der Waals surface area contributed by atoms with Crippen molar-refractivity contribution in [3.05, 3.63) is 10.6 Å². The lowest BCUT2D eigenvalue weighted by atomic mass is 9.95. The minimum absolute atomic E-state index is 0.0622. The summed E-state index contributed by atoms with van der Waals surface area (Å²) in [5, 5.41) is 0.785. The van der Waals surface area contributed by atoms with E-state index < -0.39 is 0 Å². The van der Waals surface area contributed by atoms with Crippen LogP contribution in [0.3, 0.4) is 0 Å². The second kappa shape index (κ2) is 6.69. The molecular formula is C11H16Br2O2. The van der Waals surface area contributed by atoms with Gasteiger partial charge in [0.2, 0.25) is 0 Å². The SMILES string of the molecule is CCCCC[C@@H]1OC(=O)/C(=C\Br)[C@H]1CBr. The molecular weight excluding hydrogens is 324 g/mol. The summed E-state index contributed by atoms with van der Waals surface area (Å²) in [6.45, 7) is 2.17. The Hall–Kier alpha value is 0.170. The molecule has 1 aliphatic rings. The van der Waals surface area contributed by atoms with Crippen LogP contribution in [0.25, 0.3) is 0 Å². The number of esters is 1. The molecule has 1 heterocycles. The summed E-state index contributed by atoms with van der Waals surface area (Å²) in [6.07, 6.45) is 4.57. The van der Waals surface area contributed by atoms with Gasteiger partial charge < -0.3 is 4.74 Å². The standard InChI is InChI=1S/C11H16Br2O2/c1-2-3-4-5-10-8(6-12)9(7-13)11(14)15-10/h7-8,10H,2-6H2,1H3/b9-7-/t8-,10+/m1/s1. The van der Waals surface area contributed by atoms with Crippen LogP contribution in [-0.2, 0) is 9.53 Å². The highest BCUT2D eigenvalue weighted by Crippen LogP contribution is 2.33. The number of ether oxygens (including phenoxy) is 1. The number of halogens is 2. The van der Waals surface area contributed by atoms with Crippen molar-refractivity contribution in [3.63, 3.8) is 0 Å². The topological polar surface area (TPSA) is 26.3 Å².